The van der Waals surface area contributed by atoms with Crippen LogP contribution in [0, 0.1) is 5.92 Å². The molecule has 1 aliphatic rings. The molecule has 0 spiro atoms. The van der Waals surface area contributed by atoms with E-state index in [4.69, 9.17) is 0 Å². The maximum Gasteiger partial charge on any atom is 0.0718 e. The number of piperidine rings is 1. The maximum absolute atomic E-state index is 9.90. The van der Waals surface area contributed by atoms with Crippen LogP contribution in [0.25, 0.3) is 0 Å². The molecule has 21 heavy (non-hydrogen) atoms. The first kappa shape index (κ1) is 16.5. The van der Waals surface area contributed by atoms with Crippen molar-refractivity contribution in [2.45, 2.75) is 38.8 Å². The van der Waals surface area contributed by atoms with E-state index in [0.717, 1.165) is 32.1 Å². The SMILES string of the molecule is CN(Cc1ccccc1)CC1CCN(CC(C)(C)O)CC1. The Balaban J connectivity index is 1.71. The molecule has 1 aromatic carbocycles. The zero-order chi connectivity index (χ0) is 15.3. The lowest BCUT2D eigenvalue weighted by atomic mass is 9.95. The van der Waals surface area contributed by atoms with Gasteiger partial charge >= 0.3 is 0 Å². The Labute approximate surface area is 129 Å². The van der Waals surface area contributed by atoms with E-state index in [2.05, 4.69) is 47.2 Å². The number of rotatable bonds is 6. The molecule has 0 amide bonds. The van der Waals surface area contributed by atoms with Gasteiger partial charge in [-0.05, 0) is 58.3 Å². The molecule has 3 nitrogen and oxygen atoms in total. The molecule has 1 aliphatic heterocycles. The number of aliphatic hydroxyl groups is 1. The lowest BCUT2D eigenvalue weighted by Crippen LogP contribution is -2.44. The van der Waals surface area contributed by atoms with Crippen molar-refractivity contribution in [1.29, 1.82) is 0 Å². The summed E-state index contributed by atoms with van der Waals surface area (Å²) in [5.41, 5.74) is 0.816. The average Bonchev–Trinajstić information content (AvgIpc) is 2.40. The maximum atomic E-state index is 9.90. The van der Waals surface area contributed by atoms with E-state index in [1.54, 1.807) is 0 Å². The fourth-order valence-electron chi connectivity index (χ4n) is 3.27. The molecule has 3 heteroatoms. The van der Waals surface area contributed by atoms with Crippen LogP contribution >= 0.6 is 0 Å². The quantitative estimate of drug-likeness (QED) is 0.872. The molecule has 1 N–H and O–H groups in total. The van der Waals surface area contributed by atoms with Crippen LogP contribution in [0.4, 0.5) is 0 Å². The van der Waals surface area contributed by atoms with Gasteiger partial charge < -0.3 is 14.9 Å². The molecule has 118 valence electrons. The predicted octanol–water partition coefficient (Wildman–Crippen LogP) is 2.60. The minimum Gasteiger partial charge on any atom is -0.389 e. The highest BCUT2D eigenvalue weighted by atomic mass is 16.3. The Morgan fingerprint density at radius 2 is 1.81 bits per heavy atom. The minimum absolute atomic E-state index is 0.572. The third kappa shape index (κ3) is 6.16. The molecule has 1 aromatic rings. The van der Waals surface area contributed by atoms with Crippen molar-refractivity contribution in [1.82, 2.24) is 9.80 Å². The van der Waals surface area contributed by atoms with Crippen LogP contribution < -0.4 is 0 Å². The van der Waals surface area contributed by atoms with Gasteiger partial charge in [-0.1, -0.05) is 30.3 Å². The Kier molecular flexibility index (Phi) is 5.80. The standard InChI is InChI=1S/C18H30N2O/c1-18(2,21)15-20-11-9-17(10-12-20)14-19(3)13-16-7-5-4-6-8-16/h4-8,17,21H,9-15H2,1-3H3. The zero-order valence-corrected chi connectivity index (χ0v) is 13.8. The summed E-state index contributed by atoms with van der Waals surface area (Å²) in [6.45, 7) is 9.02. The van der Waals surface area contributed by atoms with E-state index in [0.29, 0.717) is 0 Å². The van der Waals surface area contributed by atoms with E-state index in [1.165, 1.54) is 24.9 Å². The van der Waals surface area contributed by atoms with Crippen molar-refractivity contribution in [2.75, 3.05) is 33.2 Å². The number of hydrogen-bond acceptors (Lipinski definition) is 3. The molecular formula is C18H30N2O. The lowest BCUT2D eigenvalue weighted by Gasteiger charge is -2.36. The van der Waals surface area contributed by atoms with Crippen molar-refractivity contribution in [2.24, 2.45) is 5.92 Å². The summed E-state index contributed by atoms with van der Waals surface area (Å²) in [6.07, 6.45) is 2.49. The van der Waals surface area contributed by atoms with Crippen molar-refractivity contribution >= 4 is 0 Å². The van der Waals surface area contributed by atoms with Gasteiger partial charge in [-0.15, -0.1) is 0 Å². The van der Waals surface area contributed by atoms with Gasteiger partial charge in [0.1, 0.15) is 0 Å². The first-order valence-electron chi connectivity index (χ1n) is 8.09. The number of benzene rings is 1. The monoisotopic (exact) mass is 290 g/mol. The smallest absolute Gasteiger partial charge is 0.0718 e. The summed E-state index contributed by atoms with van der Waals surface area (Å²) < 4.78 is 0. The van der Waals surface area contributed by atoms with Crippen LogP contribution in [0.3, 0.4) is 0 Å². The average molecular weight is 290 g/mol. The molecule has 2 rings (SSSR count). The van der Waals surface area contributed by atoms with Crippen LogP contribution in [-0.4, -0.2) is 53.7 Å². The van der Waals surface area contributed by atoms with E-state index in [-0.39, 0.29) is 0 Å². The molecule has 0 atom stereocenters. The molecule has 0 bridgehead atoms. The third-order valence-corrected chi connectivity index (χ3v) is 4.18. The van der Waals surface area contributed by atoms with Crippen molar-refractivity contribution < 1.29 is 5.11 Å². The molecule has 0 aromatic heterocycles. The van der Waals surface area contributed by atoms with E-state index in [9.17, 15) is 5.11 Å². The predicted molar refractivity (Wildman–Crippen MR) is 88.2 cm³/mol. The summed E-state index contributed by atoms with van der Waals surface area (Å²) in [5.74, 6) is 0.789. The highest BCUT2D eigenvalue weighted by Gasteiger charge is 2.24. The van der Waals surface area contributed by atoms with Crippen molar-refractivity contribution in [3.05, 3.63) is 35.9 Å². The number of β-amino-alcohol motifs (C(OH)–C–C–N with tert-alkyl or cyclic N) is 1. The van der Waals surface area contributed by atoms with Gasteiger partial charge in [-0.2, -0.15) is 0 Å². The summed E-state index contributed by atoms with van der Waals surface area (Å²) in [4.78, 5) is 4.83. The normalized spacial score (nSPS) is 18.3. The summed E-state index contributed by atoms with van der Waals surface area (Å²) in [7, 11) is 2.22. The second kappa shape index (κ2) is 7.39. The van der Waals surface area contributed by atoms with Gasteiger partial charge in [-0.25, -0.2) is 0 Å². The van der Waals surface area contributed by atoms with Gasteiger partial charge in [0, 0.05) is 19.6 Å². The van der Waals surface area contributed by atoms with Crippen molar-refractivity contribution in [3.63, 3.8) is 0 Å². The number of hydrogen-bond donors (Lipinski definition) is 1. The molecule has 0 aliphatic carbocycles. The molecule has 1 fully saturated rings. The largest absolute Gasteiger partial charge is 0.389 e. The van der Waals surface area contributed by atoms with Gasteiger partial charge in [0.25, 0.3) is 0 Å². The zero-order valence-electron chi connectivity index (χ0n) is 13.8. The Morgan fingerprint density at radius 3 is 2.38 bits per heavy atom. The molecule has 0 unspecified atom stereocenters. The molecule has 1 heterocycles. The van der Waals surface area contributed by atoms with E-state index in [1.807, 2.05) is 13.8 Å². The molecule has 0 saturated carbocycles. The van der Waals surface area contributed by atoms with E-state index < -0.39 is 5.60 Å². The highest BCUT2D eigenvalue weighted by Crippen LogP contribution is 2.20. The first-order chi connectivity index (χ1) is 9.92. The van der Waals surface area contributed by atoms with Crippen LogP contribution in [0.1, 0.15) is 32.3 Å². The van der Waals surface area contributed by atoms with Crippen LogP contribution in [0.2, 0.25) is 0 Å². The first-order valence-corrected chi connectivity index (χ1v) is 8.09. The number of nitrogens with zero attached hydrogens (tertiary/aromatic N) is 2. The third-order valence-electron chi connectivity index (χ3n) is 4.18. The van der Waals surface area contributed by atoms with Gasteiger partial charge in [0.2, 0.25) is 0 Å². The van der Waals surface area contributed by atoms with E-state index >= 15 is 0 Å². The summed E-state index contributed by atoms with van der Waals surface area (Å²) >= 11 is 0. The Morgan fingerprint density at radius 1 is 1.19 bits per heavy atom. The minimum atomic E-state index is -0.572. The second-order valence-corrected chi connectivity index (χ2v) is 7.21. The fraction of sp³-hybridized carbons (Fsp3) is 0.667. The molecule has 1 saturated heterocycles. The Bertz CT molecular complexity index is 405. The lowest BCUT2D eigenvalue weighted by molar-refractivity contribution is 0.0223. The number of likely N-dealkylation sites (tertiary alicyclic amines) is 1. The van der Waals surface area contributed by atoms with Gasteiger partial charge in [0.15, 0.2) is 0 Å². The highest BCUT2D eigenvalue weighted by molar-refractivity contribution is 5.14. The Hall–Kier alpha value is -0.900. The van der Waals surface area contributed by atoms with Crippen LogP contribution in [-0.2, 0) is 6.54 Å². The second-order valence-electron chi connectivity index (χ2n) is 7.21. The van der Waals surface area contributed by atoms with Crippen LogP contribution in [0.5, 0.6) is 0 Å². The van der Waals surface area contributed by atoms with Crippen LogP contribution in [0.15, 0.2) is 30.3 Å². The molecule has 0 radical (unpaired) electrons. The summed E-state index contributed by atoms with van der Waals surface area (Å²) in [6, 6.07) is 10.7. The van der Waals surface area contributed by atoms with Gasteiger partial charge in [-0.3, -0.25) is 0 Å². The summed E-state index contributed by atoms with van der Waals surface area (Å²) in [5, 5.41) is 9.90. The molecular weight excluding hydrogens is 260 g/mol. The topological polar surface area (TPSA) is 26.7 Å². The van der Waals surface area contributed by atoms with Gasteiger partial charge in [0.05, 0.1) is 5.60 Å². The fourth-order valence-corrected chi connectivity index (χ4v) is 3.27. The van der Waals surface area contributed by atoms with Crippen molar-refractivity contribution in [3.8, 4) is 0 Å².